The Kier molecular flexibility index (Phi) is 3.60. The molecule has 2 nitrogen and oxygen atoms in total. The summed E-state index contributed by atoms with van der Waals surface area (Å²) in [5.74, 6) is 0. The Bertz CT molecular complexity index is 201. The molecule has 12 heavy (non-hydrogen) atoms. The van der Waals surface area contributed by atoms with E-state index in [1.54, 1.807) is 4.90 Å². The van der Waals surface area contributed by atoms with Crippen molar-refractivity contribution in [2.75, 3.05) is 6.54 Å². The van der Waals surface area contributed by atoms with E-state index in [1.807, 2.05) is 6.92 Å². The van der Waals surface area contributed by atoms with E-state index >= 15 is 0 Å². The first-order valence-corrected chi connectivity index (χ1v) is 4.79. The Balaban J connectivity index is 2.64. The standard InChI is InChI=1S/C9H14ClNO/c1-2-11(9(10)12)8-6-4-3-5-7-8/h6H,2-5,7H2,1H3. The fourth-order valence-electron chi connectivity index (χ4n) is 1.51. The molecule has 0 bridgehead atoms. The van der Waals surface area contributed by atoms with Gasteiger partial charge < -0.3 is 4.90 Å². The molecule has 0 saturated carbocycles. The molecule has 1 aliphatic carbocycles. The molecule has 3 heteroatoms. The summed E-state index contributed by atoms with van der Waals surface area (Å²) in [5.41, 5.74) is 1.10. The van der Waals surface area contributed by atoms with Crippen molar-refractivity contribution in [3.63, 3.8) is 0 Å². The minimum Gasteiger partial charge on any atom is -0.303 e. The Morgan fingerprint density at radius 1 is 1.67 bits per heavy atom. The van der Waals surface area contributed by atoms with Crippen LogP contribution in [0.25, 0.3) is 0 Å². The molecule has 0 aromatic rings. The topological polar surface area (TPSA) is 20.3 Å². The van der Waals surface area contributed by atoms with Gasteiger partial charge in [-0.15, -0.1) is 0 Å². The SMILES string of the molecule is CCN(C(=O)Cl)C1=CCCCC1. The summed E-state index contributed by atoms with van der Waals surface area (Å²) in [4.78, 5) is 12.6. The fraction of sp³-hybridized carbons (Fsp3) is 0.667. The second kappa shape index (κ2) is 4.51. The second-order valence-electron chi connectivity index (χ2n) is 2.94. The molecule has 0 aliphatic heterocycles. The molecule has 0 spiro atoms. The van der Waals surface area contributed by atoms with E-state index < -0.39 is 0 Å². The monoisotopic (exact) mass is 187 g/mol. The number of carbonyl (C=O) groups excluding carboxylic acids is 1. The molecular formula is C9H14ClNO. The Morgan fingerprint density at radius 3 is 2.83 bits per heavy atom. The smallest absolute Gasteiger partial charge is 0.303 e. The molecule has 0 aromatic carbocycles. The van der Waals surface area contributed by atoms with Gasteiger partial charge in [0.15, 0.2) is 0 Å². The highest BCUT2D eigenvalue weighted by Gasteiger charge is 2.14. The zero-order valence-electron chi connectivity index (χ0n) is 7.35. The third kappa shape index (κ3) is 2.24. The molecule has 1 amide bonds. The molecule has 0 atom stereocenters. The Hall–Kier alpha value is -0.500. The molecule has 0 radical (unpaired) electrons. The third-order valence-electron chi connectivity index (χ3n) is 2.14. The van der Waals surface area contributed by atoms with Crippen molar-refractivity contribution in [1.29, 1.82) is 0 Å². The Labute approximate surface area is 78.2 Å². The van der Waals surface area contributed by atoms with E-state index in [0.717, 1.165) is 18.5 Å². The number of hydrogen-bond acceptors (Lipinski definition) is 1. The summed E-state index contributed by atoms with van der Waals surface area (Å²) < 4.78 is 0. The van der Waals surface area contributed by atoms with Gasteiger partial charge in [-0.2, -0.15) is 0 Å². The number of allylic oxidation sites excluding steroid dienone is 2. The molecule has 0 unspecified atom stereocenters. The van der Waals surface area contributed by atoms with E-state index in [0.29, 0.717) is 6.54 Å². The Morgan fingerprint density at radius 2 is 2.42 bits per heavy atom. The molecule has 0 aromatic heterocycles. The maximum atomic E-state index is 10.9. The number of hydrogen-bond donors (Lipinski definition) is 0. The van der Waals surface area contributed by atoms with Gasteiger partial charge in [0.25, 0.3) is 0 Å². The normalized spacial score (nSPS) is 17.0. The molecule has 0 heterocycles. The predicted octanol–water partition coefficient (Wildman–Crippen LogP) is 3.13. The van der Waals surface area contributed by atoms with Crippen LogP contribution in [0.15, 0.2) is 11.8 Å². The second-order valence-corrected chi connectivity index (χ2v) is 3.26. The largest absolute Gasteiger partial charge is 0.320 e. The van der Waals surface area contributed by atoms with Gasteiger partial charge in [0, 0.05) is 12.2 Å². The van der Waals surface area contributed by atoms with Crippen LogP contribution >= 0.6 is 11.6 Å². The molecule has 1 rings (SSSR count). The van der Waals surface area contributed by atoms with Crippen molar-refractivity contribution in [2.24, 2.45) is 0 Å². The fourth-order valence-corrected chi connectivity index (χ4v) is 1.73. The molecule has 0 N–H and O–H groups in total. The summed E-state index contributed by atoms with van der Waals surface area (Å²) in [6.07, 6.45) is 6.60. The van der Waals surface area contributed by atoms with Crippen LogP contribution in [0.2, 0.25) is 0 Å². The van der Waals surface area contributed by atoms with Gasteiger partial charge in [0.05, 0.1) is 0 Å². The zero-order chi connectivity index (χ0) is 8.97. The predicted molar refractivity (Wildman–Crippen MR) is 50.2 cm³/mol. The van der Waals surface area contributed by atoms with Crippen LogP contribution in [-0.2, 0) is 0 Å². The van der Waals surface area contributed by atoms with Crippen LogP contribution in [0.3, 0.4) is 0 Å². The van der Waals surface area contributed by atoms with Crippen LogP contribution < -0.4 is 0 Å². The van der Waals surface area contributed by atoms with E-state index in [9.17, 15) is 4.79 Å². The molecule has 0 fully saturated rings. The van der Waals surface area contributed by atoms with Crippen LogP contribution in [0.4, 0.5) is 4.79 Å². The molecule has 1 aliphatic rings. The molecule has 0 saturated heterocycles. The summed E-state index contributed by atoms with van der Waals surface area (Å²) in [7, 11) is 0. The van der Waals surface area contributed by atoms with Crippen molar-refractivity contribution in [1.82, 2.24) is 4.90 Å². The first kappa shape index (κ1) is 9.59. The summed E-state index contributed by atoms with van der Waals surface area (Å²) >= 11 is 5.42. The first-order chi connectivity index (χ1) is 5.75. The van der Waals surface area contributed by atoms with Crippen LogP contribution in [0.5, 0.6) is 0 Å². The van der Waals surface area contributed by atoms with Crippen molar-refractivity contribution < 1.29 is 4.79 Å². The number of carbonyl (C=O) groups is 1. The van der Waals surface area contributed by atoms with Gasteiger partial charge in [-0.3, -0.25) is 4.79 Å². The minimum absolute atomic E-state index is 0.356. The van der Waals surface area contributed by atoms with Gasteiger partial charge in [0.1, 0.15) is 0 Å². The van der Waals surface area contributed by atoms with Crippen LogP contribution in [0.1, 0.15) is 32.6 Å². The lowest BCUT2D eigenvalue weighted by Crippen LogP contribution is -2.25. The van der Waals surface area contributed by atoms with E-state index in [-0.39, 0.29) is 5.37 Å². The summed E-state index contributed by atoms with van der Waals surface area (Å²) in [6.45, 7) is 2.61. The highest BCUT2D eigenvalue weighted by Crippen LogP contribution is 2.21. The molecule has 68 valence electrons. The van der Waals surface area contributed by atoms with E-state index in [2.05, 4.69) is 6.08 Å². The highest BCUT2D eigenvalue weighted by atomic mass is 35.5. The highest BCUT2D eigenvalue weighted by molar-refractivity contribution is 6.63. The van der Waals surface area contributed by atoms with Crippen molar-refractivity contribution in [3.05, 3.63) is 11.8 Å². The van der Waals surface area contributed by atoms with Gasteiger partial charge in [-0.1, -0.05) is 6.08 Å². The average molecular weight is 188 g/mol. The third-order valence-corrected chi connectivity index (χ3v) is 2.35. The lowest BCUT2D eigenvalue weighted by molar-refractivity contribution is 0.233. The van der Waals surface area contributed by atoms with E-state index in [1.165, 1.54) is 12.8 Å². The zero-order valence-corrected chi connectivity index (χ0v) is 8.10. The number of rotatable bonds is 2. The van der Waals surface area contributed by atoms with Crippen molar-refractivity contribution in [3.8, 4) is 0 Å². The van der Waals surface area contributed by atoms with Gasteiger partial charge in [0.2, 0.25) is 0 Å². The lowest BCUT2D eigenvalue weighted by Gasteiger charge is -2.23. The van der Waals surface area contributed by atoms with Crippen LogP contribution in [0, 0.1) is 0 Å². The quantitative estimate of drug-likeness (QED) is 0.481. The number of nitrogens with zero attached hydrogens (tertiary/aromatic N) is 1. The van der Waals surface area contributed by atoms with Crippen molar-refractivity contribution in [2.45, 2.75) is 32.6 Å². The van der Waals surface area contributed by atoms with Gasteiger partial charge >= 0.3 is 5.37 Å². The first-order valence-electron chi connectivity index (χ1n) is 4.41. The minimum atomic E-state index is -0.356. The van der Waals surface area contributed by atoms with Crippen LogP contribution in [-0.4, -0.2) is 16.8 Å². The maximum absolute atomic E-state index is 10.9. The molecular weight excluding hydrogens is 174 g/mol. The summed E-state index contributed by atoms with van der Waals surface area (Å²) in [5, 5.41) is -0.356. The van der Waals surface area contributed by atoms with Crippen molar-refractivity contribution >= 4 is 17.0 Å². The number of halogens is 1. The van der Waals surface area contributed by atoms with Gasteiger partial charge in [-0.05, 0) is 44.2 Å². The lowest BCUT2D eigenvalue weighted by atomic mass is 10.0. The summed E-state index contributed by atoms with van der Waals surface area (Å²) in [6, 6.07) is 0. The van der Waals surface area contributed by atoms with E-state index in [4.69, 9.17) is 11.6 Å². The number of amides is 1. The maximum Gasteiger partial charge on any atom is 0.320 e. The average Bonchev–Trinajstić information content (AvgIpc) is 2.07. The van der Waals surface area contributed by atoms with Gasteiger partial charge in [-0.25, -0.2) is 0 Å².